The van der Waals surface area contributed by atoms with Crippen molar-refractivity contribution >= 4 is 29.3 Å². The molecule has 1 fully saturated rings. The molecule has 7 nitrogen and oxygen atoms in total. The first-order valence-electron chi connectivity index (χ1n) is 5.96. The Labute approximate surface area is 113 Å². The first-order valence-corrected chi connectivity index (χ1v) is 6.73. The number of rotatable bonds is 3. The highest BCUT2D eigenvalue weighted by molar-refractivity contribution is 7.08. The molecule has 0 saturated carbocycles. The van der Waals surface area contributed by atoms with Gasteiger partial charge in [0, 0.05) is 6.42 Å². The number of hydrogen-bond donors (Lipinski definition) is 2. The molecule has 1 unspecified atom stereocenters. The summed E-state index contributed by atoms with van der Waals surface area (Å²) in [7, 11) is 0. The fraction of sp³-hybridized carbons (Fsp3) is 0.545. The Kier molecular flexibility index (Phi) is 3.89. The average Bonchev–Trinajstić information content (AvgIpc) is 2.82. The molecule has 0 radical (unpaired) electrons. The summed E-state index contributed by atoms with van der Waals surface area (Å²) in [5.41, 5.74) is 0.620. The second-order valence-corrected chi connectivity index (χ2v) is 5.37. The Morgan fingerprint density at radius 3 is 2.84 bits per heavy atom. The number of imide groups is 1. The second-order valence-electron chi connectivity index (χ2n) is 4.62. The van der Waals surface area contributed by atoms with E-state index in [0.29, 0.717) is 17.0 Å². The third-order valence-electron chi connectivity index (χ3n) is 2.81. The van der Waals surface area contributed by atoms with Crippen molar-refractivity contribution in [3.63, 3.8) is 0 Å². The van der Waals surface area contributed by atoms with E-state index in [1.807, 2.05) is 13.8 Å². The summed E-state index contributed by atoms with van der Waals surface area (Å²) in [5.74, 6) is -1.06. The molecule has 8 heteroatoms. The highest BCUT2D eigenvalue weighted by Crippen LogP contribution is 2.20. The Bertz CT molecular complexity index is 526. The number of nitrogens with one attached hydrogen (secondary N) is 2. The molecule has 2 heterocycles. The minimum Gasteiger partial charge on any atom is -0.339 e. The molecule has 0 bridgehead atoms. The van der Waals surface area contributed by atoms with E-state index in [4.69, 9.17) is 0 Å². The molecule has 0 spiro atoms. The molecule has 1 aromatic heterocycles. The lowest BCUT2D eigenvalue weighted by Gasteiger charge is -2.21. The Hall–Kier alpha value is -1.83. The lowest BCUT2D eigenvalue weighted by Crippen LogP contribution is -2.52. The maximum Gasteiger partial charge on any atom is 0.265 e. The standard InChI is InChI=1S/C11H14N4O3S/c1-5(2)8-9(19-15-14-8)11(18)12-6-3-4-7(16)13-10(6)17/h5-6H,3-4H2,1-2H3,(H,12,18)(H,13,16,17). The molecule has 0 aliphatic carbocycles. The summed E-state index contributed by atoms with van der Waals surface area (Å²) >= 11 is 1.00. The summed E-state index contributed by atoms with van der Waals surface area (Å²) in [6.45, 7) is 3.83. The summed E-state index contributed by atoms with van der Waals surface area (Å²) in [4.78, 5) is 35.1. The number of amides is 3. The molecule has 1 aliphatic heterocycles. The number of aromatic nitrogens is 2. The van der Waals surface area contributed by atoms with Crippen molar-refractivity contribution in [1.29, 1.82) is 0 Å². The monoisotopic (exact) mass is 282 g/mol. The van der Waals surface area contributed by atoms with Crippen LogP contribution in [-0.2, 0) is 9.59 Å². The second kappa shape index (κ2) is 5.43. The minimum atomic E-state index is -0.674. The highest BCUT2D eigenvalue weighted by atomic mass is 32.1. The molecule has 1 atom stereocenters. The van der Waals surface area contributed by atoms with Gasteiger partial charge in [0.05, 0.1) is 5.69 Å². The number of piperidine rings is 1. The quantitative estimate of drug-likeness (QED) is 0.771. The van der Waals surface area contributed by atoms with Crippen molar-refractivity contribution in [2.45, 2.75) is 38.6 Å². The first kappa shape index (κ1) is 13.6. The van der Waals surface area contributed by atoms with Gasteiger partial charge in [0.2, 0.25) is 11.8 Å². The van der Waals surface area contributed by atoms with Crippen molar-refractivity contribution in [2.75, 3.05) is 0 Å². The number of carbonyl (C=O) groups excluding carboxylic acids is 3. The predicted octanol–water partition coefficient (Wildman–Crippen LogP) is 0.196. The van der Waals surface area contributed by atoms with Gasteiger partial charge >= 0.3 is 0 Å². The molecule has 2 rings (SSSR count). The van der Waals surface area contributed by atoms with Crippen molar-refractivity contribution in [2.24, 2.45) is 0 Å². The molecular formula is C11H14N4O3S. The van der Waals surface area contributed by atoms with Crippen LogP contribution in [0.2, 0.25) is 0 Å². The van der Waals surface area contributed by atoms with E-state index in [1.165, 1.54) is 0 Å². The molecule has 19 heavy (non-hydrogen) atoms. The topological polar surface area (TPSA) is 101 Å². The molecule has 1 aliphatic rings. The van der Waals surface area contributed by atoms with Gasteiger partial charge in [-0.05, 0) is 23.9 Å². The predicted molar refractivity (Wildman–Crippen MR) is 67.6 cm³/mol. The van der Waals surface area contributed by atoms with Crippen LogP contribution in [0.1, 0.15) is 48.0 Å². The van der Waals surface area contributed by atoms with E-state index in [2.05, 4.69) is 20.2 Å². The maximum absolute atomic E-state index is 12.1. The normalized spacial score (nSPS) is 19.4. The third kappa shape index (κ3) is 2.95. The summed E-state index contributed by atoms with van der Waals surface area (Å²) < 4.78 is 3.76. The van der Waals surface area contributed by atoms with Gasteiger partial charge in [0.15, 0.2) is 0 Å². The molecule has 102 valence electrons. The number of nitrogens with zero attached hydrogens (tertiary/aromatic N) is 2. The van der Waals surface area contributed by atoms with Crippen molar-refractivity contribution in [1.82, 2.24) is 20.2 Å². The van der Waals surface area contributed by atoms with Crippen LogP contribution in [0.4, 0.5) is 0 Å². The number of hydrogen-bond acceptors (Lipinski definition) is 6. The van der Waals surface area contributed by atoms with Gasteiger partial charge in [0.25, 0.3) is 5.91 Å². The van der Waals surface area contributed by atoms with Crippen LogP contribution in [0.3, 0.4) is 0 Å². The van der Waals surface area contributed by atoms with Crippen molar-refractivity contribution in [3.05, 3.63) is 10.6 Å². The van der Waals surface area contributed by atoms with E-state index in [1.54, 1.807) is 0 Å². The average molecular weight is 282 g/mol. The SMILES string of the molecule is CC(C)c1nnsc1C(=O)NC1CCC(=O)NC1=O. The van der Waals surface area contributed by atoms with Crippen LogP contribution in [-0.4, -0.2) is 33.4 Å². The molecule has 1 saturated heterocycles. The van der Waals surface area contributed by atoms with Gasteiger partial charge in [-0.1, -0.05) is 18.3 Å². The lowest BCUT2D eigenvalue weighted by atomic mass is 10.1. The highest BCUT2D eigenvalue weighted by Gasteiger charge is 2.29. The third-order valence-corrected chi connectivity index (χ3v) is 3.55. The summed E-state index contributed by atoms with van der Waals surface area (Å²) in [6.07, 6.45) is 0.550. The zero-order valence-electron chi connectivity index (χ0n) is 10.6. The van der Waals surface area contributed by atoms with E-state index in [-0.39, 0.29) is 24.2 Å². The summed E-state index contributed by atoms with van der Waals surface area (Å²) in [6, 6.07) is -0.674. The van der Waals surface area contributed by atoms with E-state index < -0.39 is 11.9 Å². The largest absolute Gasteiger partial charge is 0.339 e. The van der Waals surface area contributed by atoms with E-state index >= 15 is 0 Å². The van der Waals surface area contributed by atoms with Gasteiger partial charge in [-0.3, -0.25) is 19.7 Å². The molecule has 0 aromatic carbocycles. The molecule has 3 amide bonds. The van der Waals surface area contributed by atoms with Gasteiger partial charge in [-0.25, -0.2) is 0 Å². The van der Waals surface area contributed by atoms with Gasteiger partial charge in [-0.15, -0.1) is 5.10 Å². The maximum atomic E-state index is 12.1. The fourth-order valence-corrected chi connectivity index (χ4v) is 2.51. The van der Waals surface area contributed by atoms with E-state index in [0.717, 1.165) is 11.5 Å². The summed E-state index contributed by atoms with van der Waals surface area (Å²) in [5, 5.41) is 8.72. The smallest absolute Gasteiger partial charge is 0.265 e. The van der Waals surface area contributed by atoms with Crippen molar-refractivity contribution < 1.29 is 14.4 Å². The van der Waals surface area contributed by atoms with Gasteiger partial charge in [-0.2, -0.15) is 0 Å². The van der Waals surface area contributed by atoms with Gasteiger partial charge < -0.3 is 5.32 Å². The zero-order chi connectivity index (χ0) is 14.0. The van der Waals surface area contributed by atoms with Crippen LogP contribution in [0.5, 0.6) is 0 Å². The van der Waals surface area contributed by atoms with E-state index in [9.17, 15) is 14.4 Å². The lowest BCUT2D eigenvalue weighted by molar-refractivity contribution is -0.134. The van der Waals surface area contributed by atoms with Crippen molar-refractivity contribution in [3.8, 4) is 0 Å². The fourth-order valence-electron chi connectivity index (χ4n) is 1.79. The zero-order valence-corrected chi connectivity index (χ0v) is 11.4. The van der Waals surface area contributed by atoms with Crippen LogP contribution in [0.15, 0.2) is 0 Å². The van der Waals surface area contributed by atoms with Gasteiger partial charge in [0.1, 0.15) is 10.9 Å². The van der Waals surface area contributed by atoms with Crippen LogP contribution in [0.25, 0.3) is 0 Å². The molecular weight excluding hydrogens is 268 g/mol. The van der Waals surface area contributed by atoms with Crippen LogP contribution in [0, 0.1) is 0 Å². The Balaban J connectivity index is 2.07. The van der Waals surface area contributed by atoms with Crippen LogP contribution >= 0.6 is 11.5 Å². The molecule has 2 N–H and O–H groups in total. The first-order chi connectivity index (χ1) is 8.99. The minimum absolute atomic E-state index is 0.0845. The Morgan fingerprint density at radius 1 is 1.47 bits per heavy atom. The number of carbonyl (C=O) groups is 3. The van der Waals surface area contributed by atoms with Crippen LogP contribution < -0.4 is 10.6 Å². The Morgan fingerprint density at radius 2 is 2.21 bits per heavy atom. The molecule has 1 aromatic rings.